The number of alkyl halides is 8. The van der Waals surface area contributed by atoms with Gasteiger partial charge in [0.1, 0.15) is 0 Å². The molecule has 17 heteroatoms. The van der Waals surface area contributed by atoms with E-state index in [4.69, 9.17) is 0 Å². The molecule has 184 valence electrons. The quantitative estimate of drug-likeness (QED) is 0.318. The first-order chi connectivity index (χ1) is 14.9. The minimum Gasteiger partial charge on any atom is -0.205 e. The van der Waals surface area contributed by atoms with E-state index < -0.39 is 74.4 Å². The smallest absolute Gasteiger partial charge is 0.205 e. The number of hydrogen-bond donors (Lipinski definition) is 1. The van der Waals surface area contributed by atoms with Crippen molar-refractivity contribution in [2.24, 2.45) is 0 Å². The molecule has 0 bridgehead atoms. The Bertz CT molecular complexity index is 1080. The van der Waals surface area contributed by atoms with E-state index in [1.54, 1.807) is 0 Å². The Labute approximate surface area is 191 Å². The van der Waals surface area contributed by atoms with Crippen molar-refractivity contribution in [3.05, 3.63) is 60.7 Å². The zero-order valence-corrected chi connectivity index (χ0v) is 18.8. The van der Waals surface area contributed by atoms with E-state index in [-0.39, 0.29) is 4.13 Å². The molecule has 0 radical (unpaired) electrons. The van der Waals surface area contributed by atoms with Crippen LogP contribution in [0.1, 0.15) is 0 Å². The molecular formula is C16H11F8NO4S4. The van der Waals surface area contributed by atoms with Crippen LogP contribution in [0.15, 0.2) is 70.5 Å². The van der Waals surface area contributed by atoms with Gasteiger partial charge in [0.05, 0.1) is 0 Å². The fourth-order valence-electron chi connectivity index (χ4n) is 1.95. The fourth-order valence-corrected chi connectivity index (χ4v) is 6.90. The number of nitrogens with one attached hydrogen (secondary N) is 1. The van der Waals surface area contributed by atoms with Crippen LogP contribution < -0.4 is 4.13 Å². The Hall–Kier alpha value is -1.56. The van der Waals surface area contributed by atoms with E-state index in [0.717, 1.165) is 48.5 Å². The number of halogens is 8. The molecule has 5 nitrogen and oxygen atoms in total. The molecular weight excluding hydrogens is 550 g/mol. The summed E-state index contributed by atoms with van der Waals surface area (Å²) in [6.45, 7) is 0. The maximum absolute atomic E-state index is 14.1. The van der Waals surface area contributed by atoms with Gasteiger partial charge in [-0.1, -0.05) is 40.5 Å². The van der Waals surface area contributed by atoms with Gasteiger partial charge >= 0.3 is 21.0 Å². The molecule has 0 aliphatic carbocycles. The molecule has 0 unspecified atom stereocenters. The van der Waals surface area contributed by atoms with Gasteiger partial charge in [0, 0.05) is 9.79 Å². The van der Waals surface area contributed by atoms with Gasteiger partial charge in [0.15, 0.2) is 0 Å². The van der Waals surface area contributed by atoms with Crippen LogP contribution in [0.2, 0.25) is 0 Å². The Morgan fingerprint density at radius 2 is 0.818 bits per heavy atom. The highest BCUT2D eigenvalue weighted by Gasteiger charge is 2.72. The molecule has 0 aliphatic heterocycles. The standard InChI is InChI=1S/C16H11F8NO4S4/c17-13(18,30-11-7-3-1-4-8-11)15(21,22)32(26,27)25-33(28,29)16(23,24)14(19,20)31-12-9-5-2-6-10-12/h1-10,25H. The van der Waals surface area contributed by atoms with Crippen LogP contribution in [0, 0.1) is 0 Å². The molecule has 0 aromatic heterocycles. The SMILES string of the molecule is O=S(=O)(NS(=O)(=O)C(F)(F)C(F)(F)Sc1ccccc1)C(F)(F)C(F)(F)Sc1ccccc1. The molecule has 0 spiro atoms. The van der Waals surface area contributed by atoms with Gasteiger partial charge in [0.25, 0.3) is 20.0 Å². The second-order valence-corrected chi connectivity index (χ2v) is 12.1. The third kappa shape index (κ3) is 5.58. The van der Waals surface area contributed by atoms with Gasteiger partial charge in [-0.2, -0.15) is 35.1 Å². The van der Waals surface area contributed by atoms with Crippen LogP contribution in [0.5, 0.6) is 0 Å². The van der Waals surface area contributed by atoms with Crippen molar-refractivity contribution in [1.29, 1.82) is 0 Å². The van der Waals surface area contributed by atoms with Crippen LogP contribution in [0.4, 0.5) is 35.1 Å². The molecule has 1 N–H and O–H groups in total. The second-order valence-electron chi connectivity index (χ2n) is 5.99. The highest BCUT2D eigenvalue weighted by molar-refractivity contribution is 8.08. The van der Waals surface area contributed by atoms with E-state index in [2.05, 4.69) is 0 Å². The normalized spacial score (nSPS) is 14.3. The summed E-state index contributed by atoms with van der Waals surface area (Å²) in [4.78, 5) is -1.17. The lowest BCUT2D eigenvalue weighted by Gasteiger charge is -2.28. The van der Waals surface area contributed by atoms with E-state index in [0.29, 0.717) is 0 Å². The molecule has 0 saturated carbocycles. The number of sulfonamides is 2. The Morgan fingerprint density at radius 3 is 1.09 bits per heavy atom. The van der Waals surface area contributed by atoms with Crippen LogP contribution in [-0.4, -0.2) is 37.9 Å². The van der Waals surface area contributed by atoms with Crippen LogP contribution in [-0.2, 0) is 20.0 Å². The number of thioether (sulfide) groups is 2. The lowest BCUT2D eigenvalue weighted by atomic mass is 10.4. The first-order valence-corrected chi connectivity index (χ1v) is 12.7. The van der Waals surface area contributed by atoms with Crippen LogP contribution in [0.25, 0.3) is 0 Å². The minimum atomic E-state index is -7.18. The van der Waals surface area contributed by atoms with Crippen LogP contribution >= 0.6 is 23.5 Å². The summed E-state index contributed by atoms with van der Waals surface area (Å²) in [5.74, 6) is 0. The Kier molecular flexibility index (Phi) is 7.75. The predicted octanol–water partition coefficient (Wildman–Crippen LogP) is 5.19. The van der Waals surface area contributed by atoms with E-state index >= 15 is 0 Å². The van der Waals surface area contributed by atoms with Gasteiger partial charge in [-0.25, -0.2) is 16.8 Å². The van der Waals surface area contributed by atoms with Crippen molar-refractivity contribution in [2.45, 2.75) is 30.8 Å². The zero-order chi connectivity index (χ0) is 25.3. The molecule has 0 atom stereocenters. The third-order valence-corrected chi connectivity index (χ3v) is 9.47. The zero-order valence-electron chi connectivity index (χ0n) is 15.6. The van der Waals surface area contributed by atoms with Crippen molar-refractivity contribution >= 4 is 43.6 Å². The lowest BCUT2D eigenvalue weighted by molar-refractivity contribution is -0.0931. The summed E-state index contributed by atoms with van der Waals surface area (Å²) in [6.07, 6.45) is 0. The molecule has 0 fully saturated rings. The summed E-state index contributed by atoms with van der Waals surface area (Å²) < 4.78 is 159. The monoisotopic (exact) mass is 561 g/mol. The van der Waals surface area contributed by atoms with Crippen molar-refractivity contribution in [2.75, 3.05) is 0 Å². The highest BCUT2D eigenvalue weighted by Crippen LogP contribution is 2.51. The van der Waals surface area contributed by atoms with Gasteiger partial charge in [-0.05, 0) is 47.8 Å². The maximum atomic E-state index is 14.1. The summed E-state index contributed by atoms with van der Waals surface area (Å²) in [7, 11) is -14.4. The molecule has 2 rings (SSSR count). The third-order valence-electron chi connectivity index (χ3n) is 3.55. The largest absolute Gasteiger partial charge is 0.431 e. The van der Waals surface area contributed by atoms with Crippen molar-refractivity contribution in [1.82, 2.24) is 4.13 Å². The minimum absolute atomic E-state index is 0.345. The number of benzene rings is 2. The van der Waals surface area contributed by atoms with Crippen molar-refractivity contribution in [3.8, 4) is 0 Å². The van der Waals surface area contributed by atoms with Gasteiger partial charge in [0.2, 0.25) is 0 Å². The summed E-state index contributed by atoms with van der Waals surface area (Å²) in [5.41, 5.74) is 0. The first kappa shape index (κ1) is 27.7. The molecule has 2 aromatic carbocycles. The maximum Gasteiger partial charge on any atom is 0.431 e. The number of rotatable bonds is 10. The summed E-state index contributed by atoms with van der Waals surface area (Å²) in [5, 5.41) is -23.8. The molecule has 0 amide bonds. The van der Waals surface area contributed by atoms with E-state index in [1.165, 1.54) is 12.1 Å². The Balaban J connectivity index is 2.35. The average Bonchev–Trinajstić information content (AvgIpc) is 2.67. The van der Waals surface area contributed by atoms with E-state index in [1.807, 2.05) is 0 Å². The molecule has 2 aromatic rings. The van der Waals surface area contributed by atoms with Crippen LogP contribution in [0.3, 0.4) is 0 Å². The second kappa shape index (κ2) is 9.24. The molecule has 0 aliphatic rings. The summed E-state index contributed by atoms with van der Waals surface area (Å²) in [6, 6.07) is 10.6. The lowest BCUT2D eigenvalue weighted by Crippen LogP contribution is -2.57. The van der Waals surface area contributed by atoms with Crippen molar-refractivity contribution in [3.63, 3.8) is 0 Å². The van der Waals surface area contributed by atoms with E-state index in [9.17, 15) is 52.0 Å². The average molecular weight is 562 g/mol. The Morgan fingerprint density at radius 1 is 0.545 bits per heavy atom. The first-order valence-electron chi connectivity index (χ1n) is 8.13. The summed E-state index contributed by atoms with van der Waals surface area (Å²) >= 11 is -2.03. The number of hydrogen-bond acceptors (Lipinski definition) is 6. The molecule has 33 heavy (non-hydrogen) atoms. The predicted molar refractivity (Wildman–Crippen MR) is 105 cm³/mol. The van der Waals surface area contributed by atoms with Gasteiger partial charge in [-0.3, -0.25) is 0 Å². The highest BCUT2D eigenvalue weighted by atomic mass is 32.3. The topological polar surface area (TPSA) is 80.3 Å². The molecule has 0 saturated heterocycles. The van der Waals surface area contributed by atoms with Gasteiger partial charge < -0.3 is 0 Å². The van der Waals surface area contributed by atoms with Gasteiger partial charge in [-0.15, -0.1) is 0 Å². The van der Waals surface area contributed by atoms with Crippen molar-refractivity contribution < 1.29 is 52.0 Å². The fraction of sp³-hybridized carbons (Fsp3) is 0.250. The molecule has 0 heterocycles.